The zero-order chi connectivity index (χ0) is 30.5. The molecule has 9 heteroatoms. The Labute approximate surface area is 263 Å². The van der Waals surface area contributed by atoms with E-state index in [-0.39, 0.29) is 17.9 Å². The molecule has 2 saturated heterocycles. The highest BCUT2D eigenvalue weighted by atomic mass is 32.2. The summed E-state index contributed by atoms with van der Waals surface area (Å²) >= 11 is -1.20. The number of hydrogen-bond donors (Lipinski definition) is 1. The predicted molar refractivity (Wildman–Crippen MR) is 171 cm³/mol. The molecule has 1 aliphatic carbocycles. The molecule has 1 aromatic heterocycles. The van der Waals surface area contributed by atoms with Gasteiger partial charge in [0.05, 0.1) is 18.6 Å². The Kier molecular flexibility index (Phi) is 9.41. The third kappa shape index (κ3) is 6.16. The highest BCUT2D eigenvalue weighted by Crippen LogP contribution is 2.50. The minimum absolute atomic E-state index is 0.0549. The van der Waals surface area contributed by atoms with Gasteiger partial charge in [0, 0.05) is 78.9 Å². The number of anilines is 1. The Bertz CT molecular complexity index is 1420. The fraction of sp³-hybridized carbons (Fsp3) is 0.457. The molecule has 230 valence electrons. The molecule has 1 N–H and O–H groups in total. The second kappa shape index (κ2) is 13.6. The Hall–Kier alpha value is -3.58. The van der Waals surface area contributed by atoms with Gasteiger partial charge in [-0.2, -0.15) is 5.26 Å². The van der Waals surface area contributed by atoms with Crippen molar-refractivity contribution in [3.8, 4) is 6.07 Å². The topological polar surface area (TPSA) is 105 Å². The molecular weight excluding hydrogens is 570 g/mol. The average Bonchev–Trinajstić information content (AvgIpc) is 3.52. The maximum atomic E-state index is 12.8. The Balaban J connectivity index is 1.06. The molecule has 44 heavy (non-hydrogen) atoms. The van der Waals surface area contributed by atoms with Crippen LogP contribution in [0.25, 0.3) is 0 Å². The standard InChI is InChI=1S/C35H41N5O3S/c1-43-34(41)38-33-9-5-8-32(33)35(25-36,27-6-3-2-4-7-27)28-16-20-39(21-17-28)22-26-23-40(24-26)29-10-12-30(13-11-29)44(42)31-14-18-37-19-15-31/h2-4,6-7,10-15,18-19,26,28,32-33H,5,8-9,16-17,20-24H2,1H3,(H,38,41). The van der Waals surface area contributed by atoms with Crippen molar-refractivity contribution in [2.75, 3.05) is 44.7 Å². The minimum Gasteiger partial charge on any atom is -0.606 e. The van der Waals surface area contributed by atoms with Gasteiger partial charge in [0.2, 0.25) is 0 Å². The van der Waals surface area contributed by atoms with Gasteiger partial charge in [-0.1, -0.05) is 36.8 Å². The highest BCUT2D eigenvalue weighted by molar-refractivity contribution is 7.91. The highest BCUT2D eigenvalue weighted by Gasteiger charge is 2.52. The lowest BCUT2D eigenvalue weighted by Crippen LogP contribution is -2.55. The lowest BCUT2D eigenvalue weighted by Gasteiger charge is -2.48. The van der Waals surface area contributed by atoms with Crippen molar-refractivity contribution in [3.63, 3.8) is 0 Å². The number of piperidine rings is 1. The van der Waals surface area contributed by atoms with Crippen LogP contribution in [0, 0.1) is 29.1 Å². The fourth-order valence-corrected chi connectivity index (χ4v) is 8.83. The number of ether oxygens (including phenoxy) is 1. The van der Waals surface area contributed by atoms with Crippen LogP contribution in [0.2, 0.25) is 0 Å². The summed E-state index contributed by atoms with van der Waals surface area (Å²) in [6, 6.07) is 24.7. The first kappa shape index (κ1) is 30.4. The number of benzene rings is 2. The van der Waals surface area contributed by atoms with E-state index in [0.717, 1.165) is 80.2 Å². The van der Waals surface area contributed by atoms with Crippen molar-refractivity contribution in [3.05, 3.63) is 84.7 Å². The van der Waals surface area contributed by atoms with E-state index in [1.54, 1.807) is 24.5 Å². The van der Waals surface area contributed by atoms with Gasteiger partial charge in [0.15, 0.2) is 9.79 Å². The van der Waals surface area contributed by atoms with Gasteiger partial charge in [-0.25, -0.2) is 4.79 Å². The van der Waals surface area contributed by atoms with Crippen LogP contribution in [0.15, 0.2) is 88.9 Å². The summed E-state index contributed by atoms with van der Waals surface area (Å²) in [4.78, 5) is 22.7. The number of hydrogen-bond acceptors (Lipinski definition) is 7. The zero-order valence-electron chi connectivity index (χ0n) is 25.3. The second-order valence-corrected chi connectivity index (χ2v) is 13.9. The average molecular weight is 612 g/mol. The summed E-state index contributed by atoms with van der Waals surface area (Å²) < 4.78 is 17.8. The number of likely N-dealkylation sites (tertiary alicyclic amines) is 1. The van der Waals surface area contributed by atoms with E-state index in [1.807, 2.05) is 30.3 Å². The van der Waals surface area contributed by atoms with Crippen LogP contribution >= 0.6 is 0 Å². The van der Waals surface area contributed by atoms with E-state index >= 15 is 0 Å². The van der Waals surface area contributed by atoms with Crippen LogP contribution in [0.4, 0.5) is 10.5 Å². The van der Waals surface area contributed by atoms with E-state index in [0.29, 0.717) is 5.92 Å². The van der Waals surface area contributed by atoms with Crippen molar-refractivity contribution in [2.45, 2.75) is 53.4 Å². The monoisotopic (exact) mass is 611 g/mol. The summed E-state index contributed by atoms with van der Waals surface area (Å²) in [5, 5.41) is 14.0. The van der Waals surface area contributed by atoms with E-state index in [2.05, 4.69) is 50.4 Å². The van der Waals surface area contributed by atoms with Crippen LogP contribution in [-0.2, 0) is 21.3 Å². The minimum atomic E-state index is -1.20. The molecule has 2 aromatic carbocycles. The molecule has 0 radical (unpaired) electrons. The van der Waals surface area contributed by atoms with Crippen LogP contribution in [0.1, 0.15) is 37.7 Å². The number of rotatable bonds is 9. The Morgan fingerprint density at radius 3 is 2.36 bits per heavy atom. The number of nitrogens with one attached hydrogen (secondary N) is 1. The van der Waals surface area contributed by atoms with Gasteiger partial charge >= 0.3 is 6.09 Å². The molecule has 4 unspecified atom stereocenters. The van der Waals surface area contributed by atoms with Gasteiger partial charge in [-0.05, 0) is 74.5 Å². The molecule has 6 rings (SSSR count). The van der Waals surface area contributed by atoms with Gasteiger partial charge in [-0.3, -0.25) is 4.98 Å². The fourth-order valence-electron chi connectivity index (χ4n) is 7.80. The van der Waals surface area contributed by atoms with Crippen LogP contribution in [-0.4, -0.2) is 66.4 Å². The number of methoxy groups -OCH3 is 1. The molecule has 8 nitrogen and oxygen atoms in total. The van der Waals surface area contributed by atoms with Gasteiger partial charge < -0.3 is 24.4 Å². The summed E-state index contributed by atoms with van der Waals surface area (Å²) in [6.45, 7) is 5.06. The van der Waals surface area contributed by atoms with Crippen LogP contribution < -0.4 is 10.2 Å². The molecule has 1 saturated carbocycles. The second-order valence-electron chi connectivity index (χ2n) is 12.4. The summed E-state index contributed by atoms with van der Waals surface area (Å²) in [5.41, 5.74) is 1.61. The lowest BCUT2D eigenvalue weighted by atomic mass is 9.59. The molecule has 3 heterocycles. The van der Waals surface area contributed by atoms with Crippen LogP contribution in [0.5, 0.6) is 0 Å². The number of nitrogens with zero attached hydrogens (tertiary/aromatic N) is 4. The number of carbonyl (C=O) groups excluding carboxylic acids is 1. The molecule has 2 aliphatic heterocycles. The van der Waals surface area contributed by atoms with Gasteiger partial charge in [0.25, 0.3) is 0 Å². The quantitative estimate of drug-likeness (QED) is 0.324. The largest absolute Gasteiger partial charge is 0.606 e. The van der Waals surface area contributed by atoms with E-state index in [4.69, 9.17) is 4.74 Å². The molecule has 0 spiro atoms. The smallest absolute Gasteiger partial charge is 0.407 e. The third-order valence-electron chi connectivity index (χ3n) is 10.0. The van der Waals surface area contributed by atoms with Gasteiger partial charge in [0.1, 0.15) is 0 Å². The van der Waals surface area contributed by atoms with Gasteiger partial charge in [-0.15, -0.1) is 0 Å². The van der Waals surface area contributed by atoms with Crippen molar-refractivity contribution in [2.24, 2.45) is 17.8 Å². The van der Waals surface area contributed by atoms with Crippen LogP contribution in [0.3, 0.4) is 0 Å². The number of aromatic nitrogens is 1. The number of amides is 1. The molecule has 4 atom stereocenters. The summed E-state index contributed by atoms with van der Waals surface area (Å²) in [6.07, 6.45) is 7.66. The van der Waals surface area contributed by atoms with E-state index in [9.17, 15) is 14.6 Å². The van der Waals surface area contributed by atoms with E-state index in [1.165, 1.54) is 12.8 Å². The molecule has 0 bridgehead atoms. The van der Waals surface area contributed by atoms with Crippen molar-refractivity contribution in [1.29, 1.82) is 5.26 Å². The number of pyridine rings is 1. The normalized spacial score (nSPS) is 23.2. The molecule has 1 amide bonds. The van der Waals surface area contributed by atoms with E-state index < -0.39 is 22.7 Å². The Morgan fingerprint density at radius 2 is 1.70 bits per heavy atom. The molecule has 3 aromatic rings. The zero-order valence-corrected chi connectivity index (χ0v) is 26.1. The molecule has 3 aliphatic rings. The lowest BCUT2D eigenvalue weighted by molar-refractivity contribution is 0.0939. The number of carbonyl (C=O) groups is 1. The first-order chi connectivity index (χ1) is 21.5. The number of alkyl carbamates (subject to hydrolysis) is 1. The number of nitriles is 1. The summed E-state index contributed by atoms with van der Waals surface area (Å²) in [5.74, 6) is 0.889. The van der Waals surface area contributed by atoms with Crippen molar-refractivity contribution >= 4 is 23.0 Å². The van der Waals surface area contributed by atoms with Crippen molar-refractivity contribution in [1.82, 2.24) is 15.2 Å². The molecule has 3 fully saturated rings. The first-order valence-electron chi connectivity index (χ1n) is 15.7. The maximum absolute atomic E-state index is 12.8. The van der Waals surface area contributed by atoms with Crippen molar-refractivity contribution < 1.29 is 14.1 Å². The Morgan fingerprint density at radius 1 is 1.02 bits per heavy atom. The third-order valence-corrected chi connectivity index (χ3v) is 11.4. The maximum Gasteiger partial charge on any atom is 0.407 e. The molecular formula is C35H41N5O3S. The SMILES string of the molecule is COC(=O)NC1CCCC1C(C#N)(c1ccccc1)C1CCN(CC2CN(c3ccc([S+]([O-])c4ccncc4)cc3)C2)CC1. The predicted octanol–water partition coefficient (Wildman–Crippen LogP) is 5.38. The summed E-state index contributed by atoms with van der Waals surface area (Å²) in [7, 11) is 1.40. The first-order valence-corrected chi connectivity index (χ1v) is 16.9.